The summed E-state index contributed by atoms with van der Waals surface area (Å²) >= 11 is 7.32. The number of nitrogens with one attached hydrogen (secondary N) is 1. The van der Waals surface area contributed by atoms with Crippen molar-refractivity contribution in [2.24, 2.45) is 0 Å². The molecule has 0 bridgehead atoms. The molecule has 3 rings (SSSR count). The predicted octanol–water partition coefficient (Wildman–Crippen LogP) is 4.63. The molecule has 4 nitrogen and oxygen atoms in total. The van der Waals surface area contributed by atoms with E-state index in [9.17, 15) is 4.39 Å². The molecule has 0 saturated heterocycles. The van der Waals surface area contributed by atoms with Crippen molar-refractivity contribution < 1.29 is 9.13 Å². The van der Waals surface area contributed by atoms with Gasteiger partial charge in [0.05, 0.1) is 10.4 Å². The molecule has 0 aliphatic carbocycles. The summed E-state index contributed by atoms with van der Waals surface area (Å²) in [5.41, 5.74) is 0. The van der Waals surface area contributed by atoms with Crippen LogP contribution in [0.5, 0.6) is 11.6 Å². The zero-order valence-corrected chi connectivity index (χ0v) is 12.8. The van der Waals surface area contributed by atoms with Crippen LogP contribution in [0.4, 0.5) is 10.3 Å². The van der Waals surface area contributed by atoms with E-state index in [0.717, 1.165) is 15.1 Å². The number of aryl methyl sites for hydroxylation is 1. The van der Waals surface area contributed by atoms with Crippen LogP contribution in [-0.4, -0.2) is 17.0 Å². The van der Waals surface area contributed by atoms with E-state index in [2.05, 4.69) is 15.3 Å². The van der Waals surface area contributed by atoms with E-state index >= 15 is 0 Å². The minimum absolute atomic E-state index is 0.00754. The van der Waals surface area contributed by atoms with Crippen LogP contribution >= 0.6 is 22.9 Å². The van der Waals surface area contributed by atoms with Gasteiger partial charge in [-0.25, -0.2) is 9.37 Å². The second-order valence-corrected chi connectivity index (χ2v) is 6.00. The zero-order chi connectivity index (χ0) is 15.0. The Morgan fingerprint density at radius 1 is 1.29 bits per heavy atom. The van der Waals surface area contributed by atoms with Crippen LogP contribution in [0.1, 0.15) is 4.88 Å². The summed E-state index contributed by atoms with van der Waals surface area (Å²) in [4.78, 5) is 10.6. The third-order valence-corrected chi connectivity index (χ3v) is 4.04. The Balaban J connectivity index is 2.07. The Kier molecular flexibility index (Phi) is 3.65. The summed E-state index contributed by atoms with van der Waals surface area (Å²) in [6.45, 7) is 1.99. The molecule has 0 radical (unpaired) electrons. The van der Waals surface area contributed by atoms with Crippen LogP contribution in [0.2, 0.25) is 5.02 Å². The van der Waals surface area contributed by atoms with Crippen LogP contribution in [0.15, 0.2) is 24.3 Å². The Hall–Kier alpha value is -1.92. The van der Waals surface area contributed by atoms with Crippen molar-refractivity contribution in [3.05, 3.63) is 40.0 Å². The second-order valence-electron chi connectivity index (χ2n) is 4.36. The van der Waals surface area contributed by atoms with Crippen LogP contribution in [0.25, 0.3) is 10.2 Å². The van der Waals surface area contributed by atoms with E-state index in [1.807, 2.05) is 13.0 Å². The highest BCUT2D eigenvalue weighted by atomic mass is 35.5. The molecule has 0 aliphatic rings. The average Bonchev–Trinajstić information content (AvgIpc) is 2.83. The highest BCUT2D eigenvalue weighted by molar-refractivity contribution is 7.18. The topological polar surface area (TPSA) is 47.0 Å². The molecule has 2 aromatic heterocycles. The summed E-state index contributed by atoms with van der Waals surface area (Å²) in [6, 6.07) is 6.14. The summed E-state index contributed by atoms with van der Waals surface area (Å²) in [6.07, 6.45) is 0. The van der Waals surface area contributed by atoms with Gasteiger partial charge in [-0.05, 0) is 25.1 Å². The lowest BCUT2D eigenvalue weighted by atomic mass is 10.3. The number of rotatable bonds is 3. The Morgan fingerprint density at radius 2 is 2.10 bits per heavy atom. The number of fused-ring (bicyclic) bond motifs is 1. The standard InChI is InChI=1S/C14H11ClFN3OS/c1-7-5-9-12(18-14(17-2)19-13(9)21-7)20-8-3-4-11(16)10(15)6-8/h3-6H,1-2H3,(H,17,18,19). The summed E-state index contributed by atoms with van der Waals surface area (Å²) in [5.74, 6) is 0.815. The smallest absolute Gasteiger partial charge is 0.232 e. The number of aromatic nitrogens is 2. The Labute approximate surface area is 129 Å². The summed E-state index contributed by atoms with van der Waals surface area (Å²) < 4.78 is 18.9. The van der Waals surface area contributed by atoms with Gasteiger partial charge in [-0.1, -0.05) is 11.6 Å². The average molecular weight is 324 g/mol. The van der Waals surface area contributed by atoms with Gasteiger partial charge < -0.3 is 10.1 Å². The molecule has 0 fully saturated rings. The van der Waals surface area contributed by atoms with Crippen molar-refractivity contribution in [3.8, 4) is 11.6 Å². The van der Waals surface area contributed by atoms with Gasteiger partial charge >= 0.3 is 0 Å². The van der Waals surface area contributed by atoms with Crippen molar-refractivity contribution in [3.63, 3.8) is 0 Å². The van der Waals surface area contributed by atoms with E-state index in [4.69, 9.17) is 16.3 Å². The number of thiophene rings is 1. The first-order valence-electron chi connectivity index (χ1n) is 6.15. The van der Waals surface area contributed by atoms with Gasteiger partial charge in [0.15, 0.2) is 0 Å². The molecule has 3 aromatic rings. The quantitative estimate of drug-likeness (QED) is 0.763. The molecule has 21 heavy (non-hydrogen) atoms. The van der Waals surface area contributed by atoms with E-state index in [-0.39, 0.29) is 5.02 Å². The Morgan fingerprint density at radius 3 is 2.81 bits per heavy atom. The minimum Gasteiger partial charge on any atom is -0.438 e. The van der Waals surface area contributed by atoms with Gasteiger partial charge in [-0.3, -0.25) is 0 Å². The summed E-state index contributed by atoms with van der Waals surface area (Å²) in [5, 5.41) is 3.72. The number of anilines is 1. The fraction of sp³-hybridized carbons (Fsp3) is 0.143. The molecule has 0 atom stereocenters. The Bertz CT molecular complexity index is 821. The van der Waals surface area contributed by atoms with E-state index in [1.165, 1.54) is 18.2 Å². The molecule has 1 N–H and O–H groups in total. The molecule has 0 unspecified atom stereocenters. The van der Waals surface area contributed by atoms with Crippen molar-refractivity contribution >= 4 is 39.1 Å². The first kappa shape index (κ1) is 14.0. The fourth-order valence-electron chi connectivity index (χ4n) is 1.86. The van der Waals surface area contributed by atoms with Gasteiger partial charge in [0.1, 0.15) is 16.4 Å². The lowest BCUT2D eigenvalue weighted by Crippen LogP contribution is -1.98. The highest BCUT2D eigenvalue weighted by Crippen LogP contribution is 2.34. The van der Waals surface area contributed by atoms with Gasteiger partial charge in [0.25, 0.3) is 0 Å². The maximum absolute atomic E-state index is 13.2. The highest BCUT2D eigenvalue weighted by Gasteiger charge is 2.13. The summed E-state index contributed by atoms with van der Waals surface area (Å²) in [7, 11) is 1.74. The number of hydrogen-bond acceptors (Lipinski definition) is 5. The first-order chi connectivity index (χ1) is 10.1. The lowest BCUT2D eigenvalue weighted by Gasteiger charge is -2.08. The third kappa shape index (κ3) is 2.77. The van der Waals surface area contributed by atoms with Crippen LogP contribution in [-0.2, 0) is 0 Å². The molecule has 0 amide bonds. The lowest BCUT2D eigenvalue weighted by molar-refractivity contribution is 0.467. The van der Waals surface area contributed by atoms with Crippen molar-refractivity contribution in [1.29, 1.82) is 0 Å². The van der Waals surface area contributed by atoms with Crippen LogP contribution < -0.4 is 10.1 Å². The van der Waals surface area contributed by atoms with E-state index in [0.29, 0.717) is 17.6 Å². The maximum Gasteiger partial charge on any atom is 0.232 e. The maximum atomic E-state index is 13.2. The van der Waals surface area contributed by atoms with Crippen LogP contribution in [0.3, 0.4) is 0 Å². The third-order valence-electron chi connectivity index (χ3n) is 2.81. The number of halogens is 2. The predicted molar refractivity (Wildman–Crippen MR) is 83.2 cm³/mol. The van der Waals surface area contributed by atoms with E-state index in [1.54, 1.807) is 18.4 Å². The molecule has 1 aromatic carbocycles. The van der Waals surface area contributed by atoms with Gasteiger partial charge in [-0.2, -0.15) is 4.98 Å². The number of benzene rings is 1. The van der Waals surface area contributed by atoms with E-state index < -0.39 is 5.82 Å². The van der Waals surface area contributed by atoms with Gasteiger partial charge in [-0.15, -0.1) is 11.3 Å². The molecule has 0 spiro atoms. The largest absolute Gasteiger partial charge is 0.438 e. The minimum atomic E-state index is -0.487. The second kappa shape index (κ2) is 5.46. The first-order valence-corrected chi connectivity index (χ1v) is 7.35. The number of ether oxygens (including phenoxy) is 1. The van der Waals surface area contributed by atoms with Crippen molar-refractivity contribution in [2.75, 3.05) is 12.4 Å². The molecule has 0 aliphatic heterocycles. The van der Waals surface area contributed by atoms with Gasteiger partial charge in [0, 0.05) is 18.0 Å². The number of hydrogen-bond donors (Lipinski definition) is 1. The molecule has 2 heterocycles. The fourth-order valence-corrected chi connectivity index (χ4v) is 2.90. The molecule has 108 valence electrons. The number of nitrogens with zero attached hydrogens (tertiary/aromatic N) is 2. The molecular weight excluding hydrogens is 313 g/mol. The monoisotopic (exact) mass is 323 g/mol. The normalized spacial score (nSPS) is 10.9. The molecule has 0 saturated carbocycles. The SMILES string of the molecule is CNc1nc(Oc2ccc(F)c(Cl)c2)c2cc(C)sc2n1. The van der Waals surface area contributed by atoms with Crippen molar-refractivity contribution in [1.82, 2.24) is 9.97 Å². The van der Waals surface area contributed by atoms with Gasteiger partial charge in [0.2, 0.25) is 11.8 Å². The van der Waals surface area contributed by atoms with Crippen LogP contribution in [0, 0.1) is 12.7 Å². The van der Waals surface area contributed by atoms with Crippen molar-refractivity contribution in [2.45, 2.75) is 6.92 Å². The molecule has 7 heteroatoms. The zero-order valence-electron chi connectivity index (χ0n) is 11.3. The molecular formula is C14H11ClFN3OS.